The molecule has 5 heteroatoms. The number of sulfone groups is 1. The topological polar surface area (TPSA) is 55.4 Å². The normalized spacial score (nSPS) is 11.1. The van der Waals surface area contributed by atoms with Crippen molar-refractivity contribution in [1.29, 1.82) is 0 Å². The molecule has 0 saturated heterocycles. The molecule has 2 aromatic carbocycles. The third-order valence-electron chi connectivity index (χ3n) is 3.04. The molecular weight excluding hydrogens is 286 g/mol. The average Bonchev–Trinajstić information content (AvgIpc) is 2.46. The SMILES string of the molecule is CCOc1ccccc1CNc1ccc(S(C)(=O)=O)cc1. The van der Waals surface area contributed by atoms with Gasteiger partial charge in [0.05, 0.1) is 11.5 Å². The molecule has 0 radical (unpaired) electrons. The molecule has 0 bridgehead atoms. The van der Waals surface area contributed by atoms with Gasteiger partial charge in [-0.05, 0) is 37.3 Å². The van der Waals surface area contributed by atoms with Crippen LogP contribution in [0.1, 0.15) is 12.5 Å². The van der Waals surface area contributed by atoms with Crippen LogP contribution in [0.2, 0.25) is 0 Å². The Labute approximate surface area is 125 Å². The van der Waals surface area contributed by atoms with Crippen LogP contribution in [0, 0.1) is 0 Å². The molecule has 1 N–H and O–H groups in total. The molecule has 0 aliphatic rings. The maximum atomic E-state index is 11.4. The Morgan fingerprint density at radius 2 is 1.71 bits per heavy atom. The van der Waals surface area contributed by atoms with E-state index in [2.05, 4.69) is 5.32 Å². The Balaban J connectivity index is 2.07. The van der Waals surface area contributed by atoms with Gasteiger partial charge in [0.2, 0.25) is 0 Å². The number of para-hydroxylation sites is 1. The minimum atomic E-state index is -3.15. The molecule has 0 aliphatic heterocycles. The predicted molar refractivity (Wildman–Crippen MR) is 84.5 cm³/mol. The van der Waals surface area contributed by atoms with Gasteiger partial charge in [0, 0.05) is 24.1 Å². The fourth-order valence-corrected chi connectivity index (χ4v) is 2.59. The summed E-state index contributed by atoms with van der Waals surface area (Å²) in [6.45, 7) is 3.20. The van der Waals surface area contributed by atoms with E-state index in [1.54, 1.807) is 24.3 Å². The van der Waals surface area contributed by atoms with Crippen molar-refractivity contribution in [3.63, 3.8) is 0 Å². The van der Waals surface area contributed by atoms with Crippen molar-refractivity contribution in [3.8, 4) is 5.75 Å². The maximum Gasteiger partial charge on any atom is 0.175 e. The van der Waals surface area contributed by atoms with E-state index in [-0.39, 0.29) is 0 Å². The van der Waals surface area contributed by atoms with Crippen LogP contribution in [0.4, 0.5) is 5.69 Å². The van der Waals surface area contributed by atoms with Crippen LogP contribution < -0.4 is 10.1 Å². The van der Waals surface area contributed by atoms with Gasteiger partial charge >= 0.3 is 0 Å². The molecule has 0 atom stereocenters. The lowest BCUT2D eigenvalue weighted by atomic mass is 10.2. The molecule has 21 heavy (non-hydrogen) atoms. The van der Waals surface area contributed by atoms with Gasteiger partial charge in [-0.3, -0.25) is 0 Å². The van der Waals surface area contributed by atoms with Crippen molar-refractivity contribution in [1.82, 2.24) is 0 Å². The highest BCUT2D eigenvalue weighted by Crippen LogP contribution is 2.20. The van der Waals surface area contributed by atoms with Gasteiger partial charge in [-0.15, -0.1) is 0 Å². The highest BCUT2D eigenvalue weighted by atomic mass is 32.2. The van der Waals surface area contributed by atoms with E-state index in [1.165, 1.54) is 6.26 Å². The second-order valence-corrected chi connectivity index (χ2v) is 6.71. The highest BCUT2D eigenvalue weighted by molar-refractivity contribution is 7.90. The summed E-state index contributed by atoms with van der Waals surface area (Å²) < 4.78 is 28.4. The minimum absolute atomic E-state index is 0.322. The van der Waals surface area contributed by atoms with Crippen molar-refractivity contribution in [2.45, 2.75) is 18.4 Å². The van der Waals surface area contributed by atoms with E-state index in [9.17, 15) is 8.42 Å². The van der Waals surface area contributed by atoms with Crippen molar-refractivity contribution in [2.24, 2.45) is 0 Å². The number of rotatable bonds is 6. The first kappa shape index (κ1) is 15.4. The first-order chi connectivity index (χ1) is 10.0. The van der Waals surface area contributed by atoms with Gasteiger partial charge in [0.25, 0.3) is 0 Å². The molecule has 0 heterocycles. The molecule has 0 spiro atoms. The van der Waals surface area contributed by atoms with Crippen molar-refractivity contribution >= 4 is 15.5 Å². The molecule has 0 aliphatic carbocycles. The number of ether oxygens (including phenoxy) is 1. The zero-order valence-corrected chi connectivity index (χ0v) is 13.0. The third kappa shape index (κ3) is 4.23. The summed E-state index contributed by atoms with van der Waals surface area (Å²) >= 11 is 0. The van der Waals surface area contributed by atoms with Crippen LogP contribution in [0.15, 0.2) is 53.4 Å². The second kappa shape index (κ2) is 6.63. The molecule has 4 nitrogen and oxygen atoms in total. The summed E-state index contributed by atoms with van der Waals surface area (Å²) in [7, 11) is -3.15. The van der Waals surface area contributed by atoms with Crippen molar-refractivity contribution < 1.29 is 13.2 Å². The predicted octanol–water partition coefficient (Wildman–Crippen LogP) is 3.10. The Morgan fingerprint density at radius 1 is 1.05 bits per heavy atom. The summed E-state index contributed by atoms with van der Waals surface area (Å²) in [6.07, 6.45) is 1.20. The fourth-order valence-electron chi connectivity index (χ4n) is 1.96. The monoisotopic (exact) mass is 305 g/mol. The Bertz CT molecular complexity index is 694. The zero-order valence-electron chi connectivity index (χ0n) is 12.2. The Kier molecular flexibility index (Phi) is 4.85. The van der Waals surface area contributed by atoms with Crippen LogP contribution in [-0.2, 0) is 16.4 Å². The van der Waals surface area contributed by atoms with Crippen molar-refractivity contribution in [3.05, 3.63) is 54.1 Å². The smallest absolute Gasteiger partial charge is 0.175 e. The number of nitrogens with one attached hydrogen (secondary N) is 1. The van der Waals surface area contributed by atoms with E-state index >= 15 is 0 Å². The summed E-state index contributed by atoms with van der Waals surface area (Å²) in [5, 5.41) is 3.26. The average molecular weight is 305 g/mol. The maximum absolute atomic E-state index is 11.4. The molecule has 2 rings (SSSR count). The molecule has 0 aromatic heterocycles. The Hall–Kier alpha value is -2.01. The van der Waals surface area contributed by atoms with Gasteiger partial charge in [-0.2, -0.15) is 0 Å². The minimum Gasteiger partial charge on any atom is -0.494 e. The molecule has 112 valence electrons. The van der Waals surface area contributed by atoms with Crippen LogP contribution >= 0.6 is 0 Å². The van der Waals surface area contributed by atoms with Gasteiger partial charge in [-0.1, -0.05) is 18.2 Å². The van der Waals surface area contributed by atoms with Crippen molar-refractivity contribution in [2.75, 3.05) is 18.2 Å². The van der Waals surface area contributed by atoms with Crippen LogP contribution in [0.3, 0.4) is 0 Å². The highest BCUT2D eigenvalue weighted by Gasteiger charge is 2.06. The summed E-state index contributed by atoms with van der Waals surface area (Å²) in [5.41, 5.74) is 1.93. The van der Waals surface area contributed by atoms with E-state index in [1.807, 2.05) is 31.2 Å². The summed E-state index contributed by atoms with van der Waals surface area (Å²) in [5.74, 6) is 0.861. The second-order valence-electron chi connectivity index (χ2n) is 4.69. The molecule has 0 unspecified atom stereocenters. The molecular formula is C16H19NO3S. The molecule has 0 amide bonds. The quantitative estimate of drug-likeness (QED) is 0.891. The number of benzene rings is 2. The lowest BCUT2D eigenvalue weighted by molar-refractivity contribution is 0.337. The van der Waals surface area contributed by atoms with Gasteiger partial charge in [-0.25, -0.2) is 8.42 Å². The summed E-state index contributed by atoms with van der Waals surface area (Å²) in [4.78, 5) is 0.322. The lowest BCUT2D eigenvalue weighted by Gasteiger charge is -2.12. The zero-order chi connectivity index (χ0) is 15.3. The Morgan fingerprint density at radius 3 is 2.33 bits per heavy atom. The van der Waals surface area contributed by atoms with Gasteiger partial charge in [0.1, 0.15) is 5.75 Å². The summed E-state index contributed by atoms with van der Waals surface area (Å²) in [6, 6.07) is 14.6. The number of anilines is 1. The molecule has 0 saturated carbocycles. The van der Waals surface area contributed by atoms with E-state index in [0.29, 0.717) is 18.0 Å². The first-order valence-corrected chi connectivity index (χ1v) is 8.64. The first-order valence-electron chi connectivity index (χ1n) is 6.75. The number of hydrogen-bond acceptors (Lipinski definition) is 4. The van der Waals surface area contributed by atoms with Crippen LogP contribution in [0.5, 0.6) is 5.75 Å². The molecule has 2 aromatic rings. The fraction of sp³-hybridized carbons (Fsp3) is 0.250. The number of hydrogen-bond donors (Lipinski definition) is 1. The third-order valence-corrected chi connectivity index (χ3v) is 4.17. The standard InChI is InChI=1S/C16H19NO3S/c1-3-20-16-7-5-4-6-13(16)12-17-14-8-10-15(11-9-14)21(2,18)19/h4-11,17H,3,12H2,1-2H3. The van der Waals surface area contributed by atoms with E-state index in [4.69, 9.17) is 4.74 Å². The van der Waals surface area contributed by atoms with Gasteiger partial charge in [0.15, 0.2) is 9.84 Å². The molecule has 0 fully saturated rings. The van der Waals surface area contributed by atoms with Crippen LogP contribution in [-0.4, -0.2) is 21.3 Å². The van der Waals surface area contributed by atoms with E-state index in [0.717, 1.165) is 17.0 Å². The van der Waals surface area contributed by atoms with Crippen LogP contribution in [0.25, 0.3) is 0 Å². The largest absolute Gasteiger partial charge is 0.494 e. The van der Waals surface area contributed by atoms with E-state index < -0.39 is 9.84 Å². The lowest BCUT2D eigenvalue weighted by Crippen LogP contribution is -2.03. The van der Waals surface area contributed by atoms with Gasteiger partial charge < -0.3 is 10.1 Å².